The third kappa shape index (κ3) is 5.40. The molecule has 0 saturated carbocycles. The van der Waals surface area contributed by atoms with Crippen LogP contribution in [0.15, 0.2) is 34.1 Å². The fourth-order valence-electron chi connectivity index (χ4n) is 2.14. The Morgan fingerprint density at radius 1 is 1.32 bits per heavy atom. The molecule has 0 bridgehead atoms. The number of thioether (sulfide) groups is 1. The van der Waals surface area contributed by atoms with Crippen LogP contribution in [0.1, 0.15) is 18.1 Å². The second kappa shape index (κ2) is 9.14. The van der Waals surface area contributed by atoms with Gasteiger partial charge in [-0.05, 0) is 31.5 Å². The molecule has 1 aromatic heterocycles. The average Bonchev–Trinajstić information content (AvgIpc) is 2.62. The number of nitriles is 1. The summed E-state index contributed by atoms with van der Waals surface area (Å²) in [5.41, 5.74) is 0.312. The number of halogens is 2. The highest BCUT2D eigenvalue weighted by Gasteiger charge is 2.19. The Morgan fingerprint density at radius 3 is 2.68 bits per heavy atom. The number of carbonyl (C=O) groups is 2. The summed E-state index contributed by atoms with van der Waals surface area (Å²) in [6.07, 6.45) is -1.20. The van der Waals surface area contributed by atoms with Crippen molar-refractivity contribution in [3.63, 3.8) is 0 Å². The molecule has 28 heavy (non-hydrogen) atoms. The van der Waals surface area contributed by atoms with Crippen molar-refractivity contribution in [2.75, 3.05) is 11.1 Å². The van der Waals surface area contributed by atoms with E-state index >= 15 is 0 Å². The number of nitrogens with zero attached hydrogens (tertiary/aromatic N) is 1. The van der Waals surface area contributed by atoms with E-state index in [-0.39, 0.29) is 22.0 Å². The van der Waals surface area contributed by atoms with E-state index in [0.717, 1.165) is 30.0 Å². The Hall–Kier alpha value is -3.19. The number of esters is 1. The number of aromatic nitrogens is 1. The molecular formula is C18H15F2N3O4S. The van der Waals surface area contributed by atoms with Gasteiger partial charge in [0.15, 0.2) is 17.7 Å². The van der Waals surface area contributed by atoms with Crippen molar-refractivity contribution in [3.8, 4) is 6.07 Å². The molecule has 0 aliphatic heterocycles. The normalized spacial score (nSPS) is 11.4. The lowest BCUT2D eigenvalue weighted by Crippen LogP contribution is -2.30. The summed E-state index contributed by atoms with van der Waals surface area (Å²) < 4.78 is 31.0. The topological polar surface area (TPSA) is 112 Å². The van der Waals surface area contributed by atoms with Crippen LogP contribution in [-0.2, 0) is 14.3 Å². The van der Waals surface area contributed by atoms with Crippen molar-refractivity contribution in [1.82, 2.24) is 4.98 Å². The van der Waals surface area contributed by atoms with Crippen molar-refractivity contribution in [2.45, 2.75) is 25.0 Å². The van der Waals surface area contributed by atoms with Crippen LogP contribution in [0.5, 0.6) is 0 Å². The zero-order chi connectivity index (χ0) is 20.8. The maximum absolute atomic E-state index is 13.2. The zero-order valence-electron chi connectivity index (χ0n) is 14.8. The number of ether oxygens (including phenoxy) is 1. The Kier molecular flexibility index (Phi) is 6.89. The van der Waals surface area contributed by atoms with Crippen LogP contribution in [0, 0.1) is 29.9 Å². The van der Waals surface area contributed by atoms with Gasteiger partial charge in [-0.1, -0.05) is 11.8 Å². The van der Waals surface area contributed by atoms with Crippen molar-refractivity contribution in [3.05, 3.63) is 57.4 Å². The van der Waals surface area contributed by atoms with Crippen LogP contribution in [0.2, 0.25) is 0 Å². The largest absolute Gasteiger partial charge is 0.452 e. The number of rotatable bonds is 6. The van der Waals surface area contributed by atoms with Crippen molar-refractivity contribution < 1.29 is 23.1 Å². The van der Waals surface area contributed by atoms with E-state index in [0.29, 0.717) is 5.56 Å². The molecule has 0 saturated heterocycles. The zero-order valence-corrected chi connectivity index (χ0v) is 15.7. The summed E-state index contributed by atoms with van der Waals surface area (Å²) >= 11 is 0.894. The standard InChI is InChI=1S/C18H15F2N3O4S/c1-9-5-15(24)23-18(12(9)7-21)28-8-16(25)27-10(2)17(26)22-11-3-4-13(19)14(20)6-11/h3-6,10H,8H2,1-2H3,(H,22,26)(H,23,24)/t10-/m0/s1. The molecule has 2 rings (SSSR count). The van der Waals surface area contributed by atoms with E-state index in [9.17, 15) is 23.2 Å². The van der Waals surface area contributed by atoms with Crippen molar-refractivity contribution in [1.29, 1.82) is 5.26 Å². The molecule has 7 nitrogen and oxygen atoms in total. The summed E-state index contributed by atoms with van der Waals surface area (Å²) in [4.78, 5) is 37.9. The number of aryl methyl sites for hydroxylation is 1. The first-order chi connectivity index (χ1) is 13.2. The highest BCUT2D eigenvalue weighted by Crippen LogP contribution is 2.21. The summed E-state index contributed by atoms with van der Waals surface area (Å²) in [7, 11) is 0. The highest BCUT2D eigenvalue weighted by atomic mass is 32.2. The van der Waals surface area contributed by atoms with Gasteiger partial charge in [-0.25, -0.2) is 8.78 Å². The predicted molar refractivity (Wildman–Crippen MR) is 97.8 cm³/mol. The van der Waals surface area contributed by atoms with E-state index in [1.807, 2.05) is 6.07 Å². The lowest BCUT2D eigenvalue weighted by molar-refractivity contribution is -0.150. The molecule has 2 N–H and O–H groups in total. The quantitative estimate of drug-likeness (QED) is 0.562. The number of nitrogens with one attached hydrogen (secondary N) is 2. The molecular weight excluding hydrogens is 392 g/mol. The van der Waals surface area contributed by atoms with Crippen molar-refractivity contribution in [2.24, 2.45) is 0 Å². The molecule has 2 aromatic rings. The molecule has 0 aliphatic carbocycles. The molecule has 1 amide bonds. The highest BCUT2D eigenvalue weighted by molar-refractivity contribution is 7.99. The molecule has 0 fully saturated rings. The second-order valence-electron chi connectivity index (χ2n) is 5.67. The third-order valence-corrected chi connectivity index (χ3v) is 4.49. The number of anilines is 1. The third-order valence-electron chi connectivity index (χ3n) is 3.52. The van der Waals surface area contributed by atoms with Gasteiger partial charge in [0.2, 0.25) is 5.56 Å². The Bertz CT molecular complexity index is 1020. The lowest BCUT2D eigenvalue weighted by Gasteiger charge is -2.14. The average molecular weight is 407 g/mol. The van der Waals surface area contributed by atoms with E-state index < -0.39 is 35.2 Å². The number of hydrogen-bond acceptors (Lipinski definition) is 6. The molecule has 1 aromatic carbocycles. The van der Waals surface area contributed by atoms with E-state index in [4.69, 9.17) is 10.00 Å². The molecule has 10 heteroatoms. The Morgan fingerprint density at radius 2 is 2.04 bits per heavy atom. The van der Waals surface area contributed by atoms with Gasteiger partial charge in [0.1, 0.15) is 6.07 Å². The van der Waals surface area contributed by atoms with E-state index in [1.54, 1.807) is 6.92 Å². The van der Waals surface area contributed by atoms with Gasteiger partial charge in [0, 0.05) is 17.8 Å². The van der Waals surface area contributed by atoms with Crippen LogP contribution in [0.4, 0.5) is 14.5 Å². The fraction of sp³-hybridized carbons (Fsp3) is 0.222. The van der Waals surface area contributed by atoms with Gasteiger partial charge >= 0.3 is 5.97 Å². The summed E-state index contributed by atoms with van der Waals surface area (Å²) in [6.45, 7) is 2.91. The number of H-pyrrole nitrogens is 1. The first kappa shape index (κ1) is 21.1. The maximum atomic E-state index is 13.2. The minimum absolute atomic E-state index is 0.0113. The van der Waals surface area contributed by atoms with Crippen LogP contribution >= 0.6 is 11.8 Å². The minimum atomic E-state index is -1.20. The van der Waals surface area contributed by atoms with E-state index in [2.05, 4.69) is 10.3 Å². The first-order valence-electron chi connectivity index (χ1n) is 7.93. The number of carbonyl (C=O) groups excluding carboxylic acids is 2. The smallest absolute Gasteiger partial charge is 0.317 e. The molecule has 1 heterocycles. The van der Waals surface area contributed by atoms with Gasteiger partial charge in [0.25, 0.3) is 5.91 Å². The predicted octanol–water partition coefficient (Wildman–Crippen LogP) is 2.50. The summed E-state index contributed by atoms with van der Waals surface area (Å²) in [6, 6.07) is 6.03. The molecule has 0 radical (unpaired) electrons. The molecule has 0 spiro atoms. The fourth-order valence-corrected chi connectivity index (χ4v) is 2.99. The van der Waals surface area contributed by atoms with Crippen LogP contribution in [0.25, 0.3) is 0 Å². The second-order valence-corrected chi connectivity index (χ2v) is 6.66. The van der Waals surface area contributed by atoms with Crippen LogP contribution in [-0.4, -0.2) is 28.7 Å². The minimum Gasteiger partial charge on any atom is -0.452 e. The number of amides is 1. The van der Waals surface area contributed by atoms with Crippen LogP contribution in [0.3, 0.4) is 0 Å². The Labute approximate surface area is 162 Å². The number of pyridine rings is 1. The van der Waals surface area contributed by atoms with Gasteiger partial charge < -0.3 is 15.0 Å². The summed E-state index contributed by atoms with van der Waals surface area (Å²) in [5.74, 6) is -3.92. The number of hydrogen-bond donors (Lipinski definition) is 2. The lowest BCUT2D eigenvalue weighted by atomic mass is 10.2. The van der Waals surface area contributed by atoms with Crippen LogP contribution < -0.4 is 10.9 Å². The van der Waals surface area contributed by atoms with Crippen molar-refractivity contribution >= 4 is 29.3 Å². The van der Waals surface area contributed by atoms with E-state index in [1.165, 1.54) is 13.0 Å². The Balaban J connectivity index is 1.94. The number of benzene rings is 1. The molecule has 1 atom stereocenters. The maximum Gasteiger partial charge on any atom is 0.317 e. The molecule has 0 aliphatic rings. The van der Waals surface area contributed by atoms with Gasteiger partial charge in [0.05, 0.1) is 16.3 Å². The monoisotopic (exact) mass is 407 g/mol. The van der Waals surface area contributed by atoms with Gasteiger partial charge in [-0.2, -0.15) is 5.26 Å². The molecule has 0 unspecified atom stereocenters. The summed E-state index contributed by atoms with van der Waals surface area (Å²) in [5, 5.41) is 11.7. The first-order valence-corrected chi connectivity index (χ1v) is 8.92. The SMILES string of the molecule is Cc1cc(=O)[nH]c(SCC(=O)O[C@@H](C)C(=O)Nc2ccc(F)c(F)c2)c1C#N. The van der Waals surface area contributed by atoms with Gasteiger partial charge in [-0.3, -0.25) is 14.4 Å². The molecule has 146 valence electrons. The number of aromatic amines is 1. The van der Waals surface area contributed by atoms with Gasteiger partial charge in [-0.15, -0.1) is 0 Å².